The first-order valence-electron chi connectivity index (χ1n) is 5.95. The number of hydrogen-bond donors (Lipinski definition) is 0. The van der Waals surface area contributed by atoms with E-state index in [0.29, 0.717) is 17.6 Å². The van der Waals surface area contributed by atoms with Crippen molar-refractivity contribution in [2.75, 3.05) is 5.75 Å². The smallest absolute Gasteiger partial charge is 0.425 e. The number of thioether (sulfide) groups is 1. The van der Waals surface area contributed by atoms with E-state index in [0.717, 1.165) is 11.8 Å². The summed E-state index contributed by atoms with van der Waals surface area (Å²) in [5.41, 5.74) is 0. The van der Waals surface area contributed by atoms with Crippen LogP contribution in [-0.4, -0.2) is 24.0 Å². The van der Waals surface area contributed by atoms with E-state index >= 15 is 0 Å². The van der Waals surface area contributed by atoms with E-state index < -0.39 is 24.2 Å². The van der Waals surface area contributed by atoms with Gasteiger partial charge in [0.25, 0.3) is 5.03 Å². The van der Waals surface area contributed by atoms with Crippen molar-refractivity contribution < 1.29 is 27.4 Å². The second-order valence-electron chi connectivity index (χ2n) is 4.44. The number of alkyl halides is 3. The van der Waals surface area contributed by atoms with Gasteiger partial charge in [0.2, 0.25) is 0 Å². The molecule has 0 amide bonds. The number of carbonyl (C=O) groups is 1. The maximum Gasteiger partial charge on any atom is 0.425 e. The Morgan fingerprint density at radius 3 is 2.75 bits per heavy atom. The van der Waals surface area contributed by atoms with Gasteiger partial charge in [-0.25, -0.2) is 0 Å². The number of esters is 1. The maximum atomic E-state index is 12.7. The Morgan fingerprint density at radius 1 is 1.50 bits per heavy atom. The van der Waals surface area contributed by atoms with Crippen LogP contribution < -0.4 is 4.73 Å². The molecule has 1 aliphatic rings. The third-order valence-electron chi connectivity index (χ3n) is 2.76. The molecule has 0 unspecified atom stereocenters. The number of halogens is 3. The van der Waals surface area contributed by atoms with Gasteiger partial charge >= 0.3 is 12.1 Å². The molecular formula is C12H12F3NO3S. The summed E-state index contributed by atoms with van der Waals surface area (Å²) in [6.07, 6.45) is -4.47. The Labute approximate surface area is 117 Å². The van der Waals surface area contributed by atoms with Gasteiger partial charge in [-0.2, -0.15) is 17.9 Å². The zero-order chi connectivity index (χ0) is 14.8. The fraction of sp³-hybridized carbons (Fsp3) is 0.500. The van der Waals surface area contributed by atoms with Gasteiger partial charge in [-0.05, 0) is 30.7 Å². The molecule has 1 heterocycles. The monoisotopic (exact) mass is 307 g/mol. The average molecular weight is 307 g/mol. The minimum absolute atomic E-state index is 0.236. The number of carbonyl (C=O) groups excluding carboxylic acids is 1. The first-order chi connectivity index (χ1) is 9.38. The van der Waals surface area contributed by atoms with E-state index in [9.17, 15) is 23.2 Å². The number of nitrogens with zero attached hydrogens (tertiary/aromatic N) is 1. The number of ether oxygens (including phenoxy) is 1. The number of aromatic nitrogens is 1. The van der Waals surface area contributed by atoms with Gasteiger partial charge in [0, 0.05) is 18.1 Å². The van der Waals surface area contributed by atoms with E-state index in [1.165, 1.54) is 18.3 Å². The van der Waals surface area contributed by atoms with E-state index in [-0.39, 0.29) is 10.8 Å². The molecule has 1 fully saturated rings. The van der Waals surface area contributed by atoms with E-state index in [2.05, 4.69) is 4.74 Å². The maximum absolute atomic E-state index is 12.7. The lowest BCUT2D eigenvalue weighted by Crippen LogP contribution is -2.36. The second-order valence-corrected chi connectivity index (χ2v) is 5.44. The van der Waals surface area contributed by atoms with Crippen LogP contribution in [0.1, 0.15) is 12.8 Å². The molecule has 20 heavy (non-hydrogen) atoms. The van der Waals surface area contributed by atoms with Gasteiger partial charge in [0.1, 0.15) is 5.75 Å². The van der Waals surface area contributed by atoms with Crippen molar-refractivity contribution in [2.24, 2.45) is 5.92 Å². The van der Waals surface area contributed by atoms with Crippen molar-refractivity contribution >= 4 is 17.7 Å². The van der Waals surface area contributed by atoms with Crippen LogP contribution in [-0.2, 0) is 9.53 Å². The highest BCUT2D eigenvalue weighted by atomic mass is 32.2. The molecule has 0 radical (unpaired) electrons. The molecule has 1 aromatic heterocycles. The minimum atomic E-state index is -4.54. The lowest BCUT2D eigenvalue weighted by Gasteiger charge is -2.20. The third-order valence-corrected chi connectivity index (χ3v) is 3.75. The summed E-state index contributed by atoms with van der Waals surface area (Å²) in [6, 6.07) is 4.60. The van der Waals surface area contributed by atoms with Gasteiger partial charge in [0.05, 0.1) is 0 Å². The minimum Gasteiger partial charge on any atom is -0.618 e. The topological polar surface area (TPSA) is 53.2 Å². The van der Waals surface area contributed by atoms with Crippen LogP contribution in [0.4, 0.5) is 13.2 Å². The van der Waals surface area contributed by atoms with Crippen molar-refractivity contribution in [2.45, 2.75) is 30.1 Å². The van der Waals surface area contributed by atoms with Crippen LogP contribution in [0.2, 0.25) is 0 Å². The lowest BCUT2D eigenvalue weighted by molar-refractivity contribution is -0.645. The van der Waals surface area contributed by atoms with Crippen LogP contribution in [0.3, 0.4) is 0 Å². The highest BCUT2D eigenvalue weighted by Crippen LogP contribution is 2.42. The number of rotatable bonds is 5. The molecule has 1 aromatic rings. The molecule has 0 saturated heterocycles. The van der Waals surface area contributed by atoms with E-state index in [1.54, 1.807) is 6.07 Å². The van der Waals surface area contributed by atoms with Gasteiger partial charge < -0.3 is 9.94 Å². The van der Waals surface area contributed by atoms with Crippen molar-refractivity contribution in [1.82, 2.24) is 0 Å². The lowest BCUT2D eigenvalue weighted by atomic mass is 10.2. The Morgan fingerprint density at radius 2 is 2.20 bits per heavy atom. The predicted molar refractivity (Wildman–Crippen MR) is 64.8 cm³/mol. The standard InChI is InChI=1S/C12H12F3NO3S/c13-12(14,15)11(8-4-5-8)19-10(17)7-20-9-3-1-2-6-16(9)18/h1-3,6,8,11H,4-5,7H2/t11-/m0/s1. The third kappa shape index (κ3) is 4.03. The summed E-state index contributed by atoms with van der Waals surface area (Å²) in [4.78, 5) is 11.5. The number of hydrogen-bond acceptors (Lipinski definition) is 4. The quantitative estimate of drug-likeness (QED) is 0.362. The van der Waals surface area contributed by atoms with E-state index in [4.69, 9.17) is 0 Å². The Balaban J connectivity index is 1.87. The Bertz CT molecular complexity index is 491. The van der Waals surface area contributed by atoms with E-state index in [1.807, 2.05) is 0 Å². The SMILES string of the molecule is O=C(CSc1cccc[n+]1[O-])O[C@@H](C1CC1)C(F)(F)F. The molecule has 0 N–H and O–H groups in total. The molecule has 2 rings (SSSR count). The van der Waals surface area contributed by atoms with Gasteiger partial charge in [-0.3, -0.25) is 4.79 Å². The molecule has 1 aliphatic carbocycles. The summed E-state index contributed by atoms with van der Waals surface area (Å²) in [5.74, 6) is -1.91. The molecule has 1 atom stereocenters. The Kier molecular flexibility index (Phi) is 4.42. The summed E-state index contributed by atoms with van der Waals surface area (Å²) < 4.78 is 43.0. The summed E-state index contributed by atoms with van der Waals surface area (Å²) in [7, 11) is 0. The van der Waals surface area contributed by atoms with Crippen molar-refractivity contribution in [3.05, 3.63) is 29.6 Å². The summed E-state index contributed by atoms with van der Waals surface area (Å²) >= 11 is 0.848. The average Bonchev–Trinajstić information content (AvgIpc) is 3.18. The summed E-state index contributed by atoms with van der Waals surface area (Å²) in [6.45, 7) is 0. The van der Waals surface area contributed by atoms with Gasteiger partial charge in [-0.15, -0.1) is 0 Å². The highest BCUT2D eigenvalue weighted by molar-refractivity contribution is 7.99. The number of pyridine rings is 1. The van der Waals surface area contributed by atoms with Crippen LogP contribution in [0.15, 0.2) is 29.4 Å². The molecule has 4 nitrogen and oxygen atoms in total. The van der Waals surface area contributed by atoms with Gasteiger partial charge in [0.15, 0.2) is 12.3 Å². The fourth-order valence-corrected chi connectivity index (χ4v) is 2.36. The molecule has 0 aromatic carbocycles. The normalized spacial score (nSPS) is 16.8. The largest absolute Gasteiger partial charge is 0.618 e. The van der Waals surface area contributed by atoms with Crippen LogP contribution >= 0.6 is 11.8 Å². The molecular weight excluding hydrogens is 295 g/mol. The molecule has 1 saturated carbocycles. The molecule has 110 valence electrons. The van der Waals surface area contributed by atoms with Crippen molar-refractivity contribution in [3.63, 3.8) is 0 Å². The molecule has 0 aliphatic heterocycles. The first-order valence-corrected chi connectivity index (χ1v) is 6.93. The molecule has 8 heteroatoms. The zero-order valence-electron chi connectivity index (χ0n) is 10.3. The van der Waals surface area contributed by atoms with Crippen LogP contribution in [0.5, 0.6) is 0 Å². The van der Waals surface area contributed by atoms with Crippen molar-refractivity contribution in [1.29, 1.82) is 0 Å². The van der Waals surface area contributed by atoms with Gasteiger partial charge in [-0.1, -0.05) is 0 Å². The molecule has 0 spiro atoms. The molecule has 0 bridgehead atoms. The highest BCUT2D eigenvalue weighted by Gasteiger charge is 2.51. The van der Waals surface area contributed by atoms with Crippen LogP contribution in [0, 0.1) is 11.1 Å². The first kappa shape index (κ1) is 15.0. The predicted octanol–water partition coefficient (Wildman–Crippen LogP) is 2.30. The summed E-state index contributed by atoms with van der Waals surface area (Å²) in [5, 5.41) is 11.5. The Hall–Kier alpha value is -1.44. The zero-order valence-corrected chi connectivity index (χ0v) is 11.1. The second kappa shape index (κ2) is 5.90. The van der Waals surface area contributed by atoms with Crippen molar-refractivity contribution in [3.8, 4) is 0 Å². The fourth-order valence-electron chi connectivity index (χ4n) is 1.66. The van der Waals surface area contributed by atoms with Crippen LogP contribution in [0.25, 0.3) is 0 Å².